The van der Waals surface area contributed by atoms with E-state index in [9.17, 15) is 9.00 Å². The monoisotopic (exact) mass is 303 g/mol. The first kappa shape index (κ1) is 16.0. The van der Waals surface area contributed by atoms with Crippen molar-refractivity contribution in [2.45, 2.75) is 6.42 Å². The van der Waals surface area contributed by atoms with Gasteiger partial charge in [0.15, 0.2) is 0 Å². The summed E-state index contributed by atoms with van der Waals surface area (Å²) >= 11 is 1.24. The van der Waals surface area contributed by atoms with Crippen LogP contribution in [0.5, 0.6) is 5.75 Å². The molecule has 0 spiro atoms. The molecule has 2 N–H and O–H groups in total. The van der Waals surface area contributed by atoms with E-state index in [0.717, 1.165) is 6.42 Å². The third kappa shape index (κ3) is 5.65. The number of hydrogen-bond acceptors (Lipinski definition) is 5. The first-order chi connectivity index (χ1) is 8.83. The Hall–Kier alpha value is -1.01. The van der Waals surface area contributed by atoms with Crippen molar-refractivity contribution in [1.29, 1.82) is 0 Å². The number of thiol groups is 1. The standard InChI is InChI=1S/C13H21NO3S2/c1-17-12-9-10(5-6-11(12)14)13(15)18-7-4-8-19(2,3)16/h5-6,9,19H,4,7-8,14H2,1-3H3. The third-order valence-electron chi connectivity index (χ3n) is 2.54. The van der Waals surface area contributed by atoms with E-state index in [-0.39, 0.29) is 5.12 Å². The van der Waals surface area contributed by atoms with Gasteiger partial charge in [-0.25, -0.2) is 0 Å². The van der Waals surface area contributed by atoms with Crippen LogP contribution < -0.4 is 10.5 Å². The number of carbonyl (C=O) groups is 1. The van der Waals surface area contributed by atoms with Gasteiger partial charge in [0.25, 0.3) is 0 Å². The summed E-state index contributed by atoms with van der Waals surface area (Å²) in [6.07, 6.45) is 4.32. The van der Waals surface area contributed by atoms with Crippen molar-refractivity contribution in [2.24, 2.45) is 0 Å². The van der Waals surface area contributed by atoms with Crippen LogP contribution in [-0.4, -0.2) is 40.5 Å². The van der Waals surface area contributed by atoms with Gasteiger partial charge >= 0.3 is 0 Å². The molecule has 0 fully saturated rings. The number of ether oxygens (including phenoxy) is 1. The topological polar surface area (TPSA) is 69.4 Å². The number of nitrogens with two attached hydrogens (primary N) is 1. The van der Waals surface area contributed by atoms with E-state index in [4.69, 9.17) is 10.5 Å². The molecule has 6 heteroatoms. The minimum absolute atomic E-state index is 0.0136. The fourth-order valence-electron chi connectivity index (χ4n) is 1.53. The van der Waals surface area contributed by atoms with Crippen LogP contribution in [0.25, 0.3) is 0 Å². The van der Waals surface area contributed by atoms with Crippen LogP contribution >= 0.6 is 11.8 Å². The first-order valence-corrected chi connectivity index (χ1v) is 9.75. The molecule has 0 bridgehead atoms. The van der Waals surface area contributed by atoms with Gasteiger partial charge in [-0.1, -0.05) is 11.8 Å². The van der Waals surface area contributed by atoms with Crippen LogP contribution in [0.1, 0.15) is 16.8 Å². The average molecular weight is 303 g/mol. The summed E-state index contributed by atoms with van der Waals surface area (Å²) in [5.74, 6) is 1.87. The second-order valence-electron chi connectivity index (χ2n) is 4.74. The van der Waals surface area contributed by atoms with E-state index in [1.807, 2.05) is 0 Å². The number of methoxy groups -OCH3 is 1. The van der Waals surface area contributed by atoms with Crippen molar-refractivity contribution >= 4 is 32.5 Å². The van der Waals surface area contributed by atoms with E-state index in [1.165, 1.54) is 18.9 Å². The molecule has 0 radical (unpaired) electrons. The Balaban J connectivity index is 2.52. The third-order valence-corrected chi connectivity index (χ3v) is 4.93. The van der Waals surface area contributed by atoms with E-state index in [1.54, 1.807) is 30.7 Å². The Labute approximate surface area is 119 Å². The number of benzene rings is 1. The molecule has 0 amide bonds. The van der Waals surface area contributed by atoms with E-state index >= 15 is 0 Å². The summed E-state index contributed by atoms with van der Waals surface area (Å²) < 4.78 is 16.6. The zero-order valence-corrected chi connectivity index (χ0v) is 13.2. The van der Waals surface area contributed by atoms with Crippen molar-refractivity contribution in [3.05, 3.63) is 23.8 Å². The molecular weight excluding hydrogens is 282 g/mol. The fraction of sp³-hybridized carbons (Fsp3) is 0.462. The largest absolute Gasteiger partial charge is 0.495 e. The highest BCUT2D eigenvalue weighted by molar-refractivity contribution is 8.14. The van der Waals surface area contributed by atoms with Crippen molar-refractivity contribution in [3.63, 3.8) is 0 Å². The van der Waals surface area contributed by atoms with Crippen molar-refractivity contribution in [1.82, 2.24) is 0 Å². The number of hydrogen-bond donors (Lipinski definition) is 2. The van der Waals surface area contributed by atoms with Crippen molar-refractivity contribution in [2.75, 3.05) is 36.9 Å². The van der Waals surface area contributed by atoms with E-state index in [0.29, 0.717) is 28.5 Å². The SMILES string of the molecule is COc1cc(C(=O)SCCC[SH](C)(C)=O)ccc1N. The van der Waals surface area contributed by atoms with Gasteiger partial charge in [-0.15, -0.1) is 9.93 Å². The molecule has 0 atom stereocenters. The van der Waals surface area contributed by atoms with Gasteiger partial charge in [0.1, 0.15) is 5.75 Å². The van der Waals surface area contributed by atoms with Crippen LogP contribution in [0.2, 0.25) is 0 Å². The first-order valence-electron chi connectivity index (χ1n) is 5.98. The lowest BCUT2D eigenvalue weighted by molar-refractivity contribution is 0.108. The van der Waals surface area contributed by atoms with Gasteiger partial charge in [-0.3, -0.25) is 9.00 Å². The number of rotatable bonds is 6. The predicted molar refractivity (Wildman–Crippen MR) is 85.1 cm³/mol. The summed E-state index contributed by atoms with van der Waals surface area (Å²) in [4.78, 5) is 11.9. The Morgan fingerprint density at radius 2 is 2.11 bits per heavy atom. The molecule has 0 aliphatic carbocycles. The summed E-state index contributed by atoms with van der Waals surface area (Å²) in [6, 6.07) is 5.01. The molecule has 0 aliphatic rings. The molecule has 1 rings (SSSR count). The van der Waals surface area contributed by atoms with Gasteiger partial charge in [0.2, 0.25) is 5.12 Å². The lowest BCUT2D eigenvalue weighted by Gasteiger charge is -2.10. The lowest BCUT2D eigenvalue weighted by atomic mass is 10.2. The molecule has 4 nitrogen and oxygen atoms in total. The summed E-state index contributed by atoms with van der Waals surface area (Å²) in [7, 11) is -0.457. The summed E-state index contributed by atoms with van der Waals surface area (Å²) in [5.41, 5.74) is 6.79. The Kier molecular flexibility index (Phi) is 5.87. The van der Waals surface area contributed by atoms with Crippen LogP contribution in [0.15, 0.2) is 18.2 Å². The molecule has 19 heavy (non-hydrogen) atoms. The van der Waals surface area contributed by atoms with Gasteiger partial charge in [-0.2, -0.15) is 0 Å². The van der Waals surface area contributed by atoms with E-state index in [2.05, 4.69) is 0 Å². The molecule has 0 saturated carbocycles. The molecule has 1 aromatic carbocycles. The molecule has 0 aromatic heterocycles. The average Bonchev–Trinajstić information content (AvgIpc) is 2.33. The van der Waals surface area contributed by atoms with Crippen LogP contribution in [0, 0.1) is 0 Å². The molecule has 0 aliphatic heterocycles. The summed E-state index contributed by atoms with van der Waals surface area (Å²) in [5, 5.41) is -0.0136. The Morgan fingerprint density at radius 3 is 2.68 bits per heavy atom. The fourth-order valence-corrected chi connectivity index (χ4v) is 3.43. The Bertz CT molecular complexity index is 497. The van der Waals surface area contributed by atoms with Crippen molar-refractivity contribution < 1.29 is 13.7 Å². The molecule has 0 saturated heterocycles. The quantitative estimate of drug-likeness (QED) is 0.476. The maximum Gasteiger partial charge on any atom is 0.219 e. The van der Waals surface area contributed by atoms with Gasteiger partial charge in [-0.05, 0) is 37.1 Å². The van der Waals surface area contributed by atoms with Crippen molar-refractivity contribution in [3.8, 4) is 5.75 Å². The minimum Gasteiger partial charge on any atom is -0.495 e. The number of nitrogen functional groups attached to an aromatic ring is 1. The molecule has 1 aromatic rings. The zero-order valence-electron chi connectivity index (χ0n) is 11.5. The maximum absolute atomic E-state index is 11.9. The highest BCUT2D eigenvalue weighted by Gasteiger charge is 2.10. The predicted octanol–water partition coefficient (Wildman–Crippen LogP) is 1.82. The van der Waals surface area contributed by atoms with Gasteiger partial charge < -0.3 is 10.5 Å². The van der Waals surface area contributed by atoms with Gasteiger partial charge in [0, 0.05) is 17.1 Å². The number of carbonyl (C=O) groups excluding carboxylic acids is 1. The van der Waals surface area contributed by atoms with Crippen LogP contribution in [0.3, 0.4) is 0 Å². The van der Waals surface area contributed by atoms with Crippen LogP contribution in [0.4, 0.5) is 5.69 Å². The normalized spacial score (nSPS) is 12.2. The highest BCUT2D eigenvalue weighted by atomic mass is 32.2. The minimum atomic E-state index is -1.98. The molecule has 108 valence electrons. The second kappa shape index (κ2) is 6.96. The smallest absolute Gasteiger partial charge is 0.219 e. The molecule has 0 heterocycles. The second-order valence-corrected chi connectivity index (χ2v) is 9.41. The molecular formula is C13H21NO3S2. The lowest BCUT2D eigenvalue weighted by Crippen LogP contribution is -2.12. The molecule has 0 unspecified atom stereocenters. The van der Waals surface area contributed by atoms with Gasteiger partial charge in [0.05, 0.1) is 12.8 Å². The highest BCUT2D eigenvalue weighted by Crippen LogP contribution is 2.24. The number of anilines is 1. The summed E-state index contributed by atoms with van der Waals surface area (Å²) in [6.45, 7) is 0. The van der Waals surface area contributed by atoms with Crippen LogP contribution in [-0.2, 0) is 9.93 Å². The van der Waals surface area contributed by atoms with E-state index < -0.39 is 9.93 Å². The Morgan fingerprint density at radius 1 is 1.42 bits per heavy atom. The maximum atomic E-state index is 11.9. The number of thioether (sulfide) groups is 1. The zero-order chi connectivity index (χ0) is 14.5.